The Morgan fingerprint density at radius 2 is 1.89 bits per heavy atom. The van der Waals surface area contributed by atoms with Crippen molar-refractivity contribution in [3.8, 4) is 17.1 Å². The summed E-state index contributed by atoms with van der Waals surface area (Å²) in [6.45, 7) is 5.02. The van der Waals surface area contributed by atoms with Crippen molar-refractivity contribution in [2.24, 2.45) is 0 Å². The zero-order valence-electron chi connectivity index (χ0n) is 16.0. The monoisotopic (exact) mass is 377 g/mol. The van der Waals surface area contributed by atoms with Crippen LogP contribution in [0.4, 0.5) is 0 Å². The molecule has 3 aromatic rings. The molecule has 0 aliphatic carbocycles. The molecule has 1 heterocycles. The Balaban J connectivity index is 1.85. The molecule has 3 rings (SSSR count). The second-order valence-electron chi connectivity index (χ2n) is 6.20. The van der Waals surface area contributed by atoms with Crippen LogP contribution in [0, 0.1) is 0 Å². The van der Waals surface area contributed by atoms with Gasteiger partial charge in [-0.3, -0.25) is 0 Å². The van der Waals surface area contributed by atoms with Gasteiger partial charge >= 0.3 is 12.0 Å². The highest BCUT2D eigenvalue weighted by Crippen LogP contribution is 2.24. The van der Waals surface area contributed by atoms with Gasteiger partial charge in [0.1, 0.15) is 0 Å². The average molecular weight is 377 g/mol. The SMILES string of the molecule is CC/C=C/c1nc(OCC)nn1Cc1ccc(-c2ccccc2C(=O)O)cc1. The van der Waals surface area contributed by atoms with E-state index in [-0.39, 0.29) is 0 Å². The number of aromatic nitrogens is 3. The van der Waals surface area contributed by atoms with Crippen LogP contribution < -0.4 is 4.74 Å². The van der Waals surface area contributed by atoms with E-state index in [0.717, 1.165) is 23.4 Å². The van der Waals surface area contributed by atoms with Crippen molar-refractivity contribution in [2.45, 2.75) is 26.8 Å². The Bertz CT molecular complexity index is 975. The van der Waals surface area contributed by atoms with Crippen LogP contribution >= 0.6 is 0 Å². The summed E-state index contributed by atoms with van der Waals surface area (Å²) in [4.78, 5) is 15.9. The molecule has 0 atom stereocenters. The Labute approximate surface area is 164 Å². The van der Waals surface area contributed by atoms with Crippen LogP contribution in [0.2, 0.25) is 0 Å². The molecule has 6 nitrogen and oxygen atoms in total. The summed E-state index contributed by atoms with van der Waals surface area (Å²) < 4.78 is 7.23. The van der Waals surface area contributed by atoms with Gasteiger partial charge in [0, 0.05) is 0 Å². The number of carbonyl (C=O) groups is 1. The summed E-state index contributed by atoms with van der Waals surface area (Å²) in [5, 5.41) is 13.8. The van der Waals surface area contributed by atoms with E-state index in [1.54, 1.807) is 16.8 Å². The molecule has 0 aliphatic rings. The molecule has 28 heavy (non-hydrogen) atoms. The summed E-state index contributed by atoms with van der Waals surface area (Å²) in [5.41, 5.74) is 2.89. The van der Waals surface area contributed by atoms with Crippen LogP contribution in [0.3, 0.4) is 0 Å². The number of rotatable bonds is 8. The molecule has 144 valence electrons. The summed E-state index contributed by atoms with van der Waals surface area (Å²) >= 11 is 0. The third kappa shape index (κ3) is 4.46. The quantitative estimate of drug-likeness (QED) is 0.625. The smallest absolute Gasteiger partial charge is 0.336 e. The first kappa shape index (κ1) is 19.4. The van der Waals surface area contributed by atoms with Crippen molar-refractivity contribution in [3.05, 3.63) is 71.6 Å². The highest BCUT2D eigenvalue weighted by Gasteiger charge is 2.12. The molecule has 0 saturated heterocycles. The summed E-state index contributed by atoms with van der Waals surface area (Å²) in [6.07, 6.45) is 4.88. The number of aromatic carboxylic acids is 1. The lowest BCUT2D eigenvalue weighted by molar-refractivity contribution is 0.0697. The van der Waals surface area contributed by atoms with Crippen LogP contribution in [0.1, 0.15) is 42.0 Å². The Morgan fingerprint density at radius 3 is 2.57 bits per heavy atom. The van der Waals surface area contributed by atoms with Gasteiger partial charge in [-0.15, -0.1) is 5.10 Å². The van der Waals surface area contributed by atoms with E-state index in [2.05, 4.69) is 17.0 Å². The van der Waals surface area contributed by atoms with Crippen LogP contribution in [-0.4, -0.2) is 32.4 Å². The van der Waals surface area contributed by atoms with Gasteiger partial charge in [0.2, 0.25) is 0 Å². The Morgan fingerprint density at radius 1 is 1.14 bits per heavy atom. The number of hydrogen-bond acceptors (Lipinski definition) is 4. The van der Waals surface area contributed by atoms with Crippen molar-refractivity contribution in [2.75, 3.05) is 6.61 Å². The lowest BCUT2D eigenvalue weighted by Gasteiger charge is -2.08. The van der Waals surface area contributed by atoms with Crippen molar-refractivity contribution < 1.29 is 14.6 Å². The fourth-order valence-electron chi connectivity index (χ4n) is 2.87. The molecule has 0 unspecified atom stereocenters. The van der Waals surface area contributed by atoms with Crippen molar-refractivity contribution in [1.29, 1.82) is 0 Å². The molecule has 0 spiro atoms. The van der Waals surface area contributed by atoms with Gasteiger partial charge in [0.15, 0.2) is 5.82 Å². The standard InChI is InChI=1S/C22H23N3O3/c1-3-5-10-20-23-22(28-4-2)24-25(20)15-16-11-13-17(14-12-16)18-8-6-7-9-19(18)21(26)27/h5-14H,3-4,15H2,1-2H3,(H,26,27)/b10-5+. The molecule has 0 fully saturated rings. The first-order valence-corrected chi connectivity index (χ1v) is 9.28. The molecule has 6 heteroatoms. The lowest BCUT2D eigenvalue weighted by Crippen LogP contribution is -2.05. The molecule has 0 aliphatic heterocycles. The van der Waals surface area contributed by atoms with E-state index in [1.165, 1.54) is 0 Å². The van der Waals surface area contributed by atoms with E-state index in [4.69, 9.17) is 4.74 Å². The molecule has 0 bridgehead atoms. The number of carboxylic acids is 1. The van der Waals surface area contributed by atoms with E-state index >= 15 is 0 Å². The number of allylic oxidation sites excluding steroid dienone is 1. The minimum absolute atomic E-state index is 0.292. The molecule has 0 radical (unpaired) electrons. The Hall–Kier alpha value is -3.41. The largest absolute Gasteiger partial charge is 0.478 e. The highest BCUT2D eigenvalue weighted by molar-refractivity contribution is 5.95. The van der Waals surface area contributed by atoms with Gasteiger partial charge in [-0.1, -0.05) is 55.5 Å². The molecule has 1 N–H and O–H groups in total. The van der Waals surface area contributed by atoms with Gasteiger partial charge in [0.25, 0.3) is 0 Å². The highest BCUT2D eigenvalue weighted by atomic mass is 16.5. The van der Waals surface area contributed by atoms with Crippen LogP contribution in [0.25, 0.3) is 17.2 Å². The van der Waals surface area contributed by atoms with Gasteiger partial charge in [0.05, 0.1) is 18.7 Å². The third-order valence-electron chi connectivity index (χ3n) is 4.21. The average Bonchev–Trinajstić information content (AvgIpc) is 3.08. The van der Waals surface area contributed by atoms with Gasteiger partial charge in [-0.25, -0.2) is 9.48 Å². The van der Waals surface area contributed by atoms with E-state index < -0.39 is 5.97 Å². The van der Waals surface area contributed by atoms with E-state index in [1.807, 2.05) is 55.5 Å². The normalized spacial score (nSPS) is 11.1. The van der Waals surface area contributed by atoms with Crippen molar-refractivity contribution in [3.63, 3.8) is 0 Å². The van der Waals surface area contributed by atoms with Gasteiger partial charge in [-0.05, 0) is 42.2 Å². The molecular formula is C22H23N3O3. The van der Waals surface area contributed by atoms with Gasteiger partial charge < -0.3 is 9.84 Å². The van der Waals surface area contributed by atoms with Crippen LogP contribution in [-0.2, 0) is 6.54 Å². The zero-order chi connectivity index (χ0) is 19.9. The predicted octanol–water partition coefficient (Wildman–Crippen LogP) is 4.51. The first-order valence-electron chi connectivity index (χ1n) is 9.28. The second-order valence-corrected chi connectivity index (χ2v) is 6.20. The number of benzene rings is 2. The number of carboxylic acid groups (broad SMARTS) is 1. The van der Waals surface area contributed by atoms with E-state index in [0.29, 0.717) is 30.3 Å². The van der Waals surface area contributed by atoms with E-state index in [9.17, 15) is 9.90 Å². The second kappa shape index (κ2) is 8.99. The fourth-order valence-corrected chi connectivity index (χ4v) is 2.87. The van der Waals surface area contributed by atoms with Crippen molar-refractivity contribution in [1.82, 2.24) is 14.8 Å². The first-order chi connectivity index (χ1) is 13.6. The predicted molar refractivity (Wildman–Crippen MR) is 108 cm³/mol. The summed E-state index contributed by atoms with van der Waals surface area (Å²) in [5.74, 6) is -0.191. The summed E-state index contributed by atoms with van der Waals surface area (Å²) in [6, 6.07) is 15.2. The number of nitrogens with zero attached hydrogens (tertiary/aromatic N) is 3. The maximum absolute atomic E-state index is 11.4. The zero-order valence-corrected chi connectivity index (χ0v) is 16.0. The van der Waals surface area contributed by atoms with Crippen LogP contribution in [0.5, 0.6) is 6.01 Å². The van der Waals surface area contributed by atoms with Crippen LogP contribution in [0.15, 0.2) is 54.6 Å². The summed E-state index contributed by atoms with van der Waals surface area (Å²) in [7, 11) is 0. The molecular weight excluding hydrogens is 354 g/mol. The number of hydrogen-bond donors (Lipinski definition) is 1. The maximum Gasteiger partial charge on any atom is 0.336 e. The lowest BCUT2D eigenvalue weighted by atomic mass is 9.99. The number of ether oxygens (including phenoxy) is 1. The van der Waals surface area contributed by atoms with Gasteiger partial charge in [-0.2, -0.15) is 4.98 Å². The Kier molecular flexibility index (Phi) is 6.22. The molecule has 0 saturated carbocycles. The van der Waals surface area contributed by atoms with Crippen molar-refractivity contribution >= 4 is 12.0 Å². The topological polar surface area (TPSA) is 77.2 Å². The molecule has 0 amide bonds. The fraction of sp³-hybridized carbons (Fsp3) is 0.227. The third-order valence-corrected chi connectivity index (χ3v) is 4.21. The minimum atomic E-state index is -0.932. The molecule has 1 aromatic heterocycles. The molecule has 2 aromatic carbocycles. The minimum Gasteiger partial charge on any atom is -0.478 e. The maximum atomic E-state index is 11.4.